The average Bonchev–Trinajstić information content (AvgIpc) is 2.80. The molecule has 0 bridgehead atoms. The summed E-state index contributed by atoms with van der Waals surface area (Å²) in [5.74, 6) is -0.338. The number of nitrogens with zero attached hydrogens (tertiary/aromatic N) is 4. The first kappa shape index (κ1) is 23.8. The van der Waals surface area contributed by atoms with Crippen LogP contribution in [0.5, 0.6) is 0 Å². The SMILES string of the molecule is CN1CCN(c2ccccc2NC(=O)c2ccc(N3CCCCC3)c([N+](=O)[O-])c2)CC1.[Cl-]. The van der Waals surface area contributed by atoms with E-state index in [0.29, 0.717) is 11.3 Å². The number of nitrogens with one attached hydrogen (secondary N) is 1. The van der Waals surface area contributed by atoms with Gasteiger partial charge in [-0.25, -0.2) is 0 Å². The predicted octanol–water partition coefficient (Wildman–Crippen LogP) is 0.593. The lowest BCUT2D eigenvalue weighted by molar-refractivity contribution is -0.384. The van der Waals surface area contributed by atoms with E-state index in [1.165, 1.54) is 6.07 Å². The van der Waals surface area contributed by atoms with Gasteiger partial charge in [-0.2, -0.15) is 0 Å². The fourth-order valence-corrected chi connectivity index (χ4v) is 4.31. The van der Waals surface area contributed by atoms with Crippen LogP contribution in [0.2, 0.25) is 0 Å². The third kappa shape index (κ3) is 5.31. The molecule has 1 amide bonds. The maximum atomic E-state index is 13.0. The molecule has 2 saturated heterocycles. The summed E-state index contributed by atoms with van der Waals surface area (Å²) < 4.78 is 0. The van der Waals surface area contributed by atoms with Gasteiger partial charge in [-0.05, 0) is 50.6 Å². The standard InChI is InChI=1S/C23H29N5O3.ClH/c1-25-13-15-27(16-14-25)20-8-4-3-7-19(20)24-23(29)18-9-10-21(22(17-18)28(30)31)26-11-5-2-6-12-26;/h3-4,7-10,17H,2,5-6,11-16H2,1H3,(H,24,29);1H/p-1. The van der Waals surface area contributed by atoms with Crippen LogP contribution in [0.25, 0.3) is 0 Å². The third-order valence-electron chi connectivity index (χ3n) is 6.13. The van der Waals surface area contributed by atoms with Gasteiger partial charge in [0.05, 0.1) is 16.3 Å². The van der Waals surface area contributed by atoms with Crippen molar-refractivity contribution in [3.8, 4) is 0 Å². The Morgan fingerprint density at radius 1 is 0.906 bits per heavy atom. The Kier molecular flexibility index (Phi) is 7.93. The number of halogens is 1. The number of hydrogen-bond acceptors (Lipinski definition) is 6. The van der Waals surface area contributed by atoms with E-state index in [1.54, 1.807) is 12.1 Å². The second kappa shape index (κ2) is 10.7. The van der Waals surface area contributed by atoms with Gasteiger partial charge < -0.3 is 32.4 Å². The smallest absolute Gasteiger partial charge is 0.293 e. The number of piperidine rings is 1. The highest BCUT2D eigenvalue weighted by Crippen LogP contribution is 2.32. The van der Waals surface area contributed by atoms with Crippen molar-refractivity contribution in [2.24, 2.45) is 0 Å². The monoisotopic (exact) mass is 458 g/mol. The van der Waals surface area contributed by atoms with Crippen LogP contribution in [0.4, 0.5) is 22.7 Å². The van der Waals surface area contributed by atoms with E-state index in [0.717, 1.165) is 69.9 Å². The lowest BCUT2D eigenvalue weighted by Gasteiger charge is -2.35. The van der Waals surface area contributed by atoms with Crippen LogP contribution in [-0.2, 0) is 0 Å². The first-order valence-electron chi connectivity index (χ1n) is 10.9. The molecule has 2 fully saturated rings. The van der Waals surface area contributed by atoms with E-state index in [1.807, 2.05) is 29.2 Å². The summed E-state index contributed by atoms with van der Waals surface area (Å²) in [6, 6.07) is 12.5. The molecule has 0 spiro atoms. The fraction of sp³-hybridized carbons (Fsp3) is 0.435. The van der Waals surface area contributed by atoms with Gasteiger partial charge >= 0.3 is 0 Å². The van der Waals surface area contributed by atoms with Crippen LogP contribution in [-0.4, -0.2) is 62.0 Å². The van der Waals surface area contributed by atoms with Crippen LogP contribution >= 0.6 is 0 Å². The van der Waals surface area contributed by atoms with Crippen LogP contribution in [0.15, 0.2) is 42.5 Å². The highest BCUT2D eigenvalue weighted by Gasteiger charge is 2.24. The molecule has 0 atom stereocenters. The van der Waals surface area contributed by atoms with Crippen molar-refractivity contribution in [1.29, 1.82) is 0 Å². The molecule has 2 heterocycles. The second-order valence-corrected chi connectivity index (χ2v) is 8.27. The number of amides is 1. The van der Waals surface area contributed by atoms with Crippen molar-refractivity contribution in [3.63, 3.8) is 0 Å². The first-order valence-corrected chi connectivity index (χ1v) is 10.9. The van der Waals surface area contributed by atoms with E-state index in [2.05, 4.69) is 22.2 Å². The molecule has 1 N–H and O–H groups in total. The molecule has 4 rings (SSSR count). The average molecular weight is 459 g/mol. The van der Waals surface area contributed by atoms with Gasteiger partial charge in [-0.1, -0.05) is 12.1 Å². The largest absolute Gasteiger partial charge is 1.00 e. The lowest BCUT2D eigenvalue weighted by atomic mass is 10.1. The molecule has 172 valence electrons. The van der Waals surface area contributed by atoms with Crippen LogP contribution in [0, 0.1) is 10.1 Å². The Morgan fingerprint density at radius 2 is 1.56 bits per heavy atom. The number of carbonyl (C=O) groups excluding carboxylic acids is 1. The highest BCUT2D eigenvalue weighted by molar-refractivity contribution is 6.06. The summed E-state index contributed by atoms with van der Waals surface area (Å²) in [4.78, 5) is 30.9. The number of para-hydroxylation sites is 2. The van der Waals surface area contributed by atoms with E-state index in [4.69, 9.17) is 0 Å². The minimum atomic E-state index is -0.390. The Morgan fingerprint density at radius 3 is 2.25 bits per heavy atom. The molecule has 2 aromatic carbocycles. The summed E-state index contributed by atoms with van der Waals surface area (Å²) in [5.41, 5.74) is 2.57. The molecule has 2 aliphatic heterocycles. The van der Waals surface area contributed by atoms with Gasteiger partial charge in [0.1, 0.15) is 5.69 Å². The Labute approximate surface area is 194 Å². The Hall–Kier alpha value is -2.84. The molecule has 2 aromatic rings. The van der Waals surface area contributed by atoms with Crippen molar-refractivity contribution in [3.05, 3.63) is 58.1 Å². The van der Waals surface area contributed by atoms with Gasteiger partial charge in [0, 0.05) is 50.9 Å². The molecular formula is C23H29ClN5O3-. The quantitative estimate of drug-likeness (QED) is 0.522. The predicted molar refractivity (Wildman–Crippen MR) is 123 cm³/mol. The molecule has 9 heteroatoms. The minimum absolute atomic E-state index is 0. The zero-order chi connectivity index (χ0) is 21.8. The van der Waals surface area contributed by atoms with Crippen LogP contribution in [0.1, 0.15) is 29.6 Å². The number of likely N-dealkylation sites (N-methyl/N-ethyl adjacent to an activating group) is 1. The van der Waals surface area contributed by atoms with Gasteiger partial charge in [-0.15, -0.1) is 0 Å². The molecule has 2 aliphatic rings. The number of rotatable bonds is 5. The zero-order valence-corrected chi connectivity index (χ0v) is 19.1. The summed E-state index contributed by atoms with van der Waals surface area (Å²) in [5, 5.41) is 14.7. The van der Waals surface area contributed by atoms with E-state index >= 15 is 0 Å². The van der Waals surface area contributed by atoms with Crippen molar-refractivity contribution < 1.29 is 22.1 Å². The van der Waals surface area contributed by atoms with Crippen molar-refractivity contribution in [2.45, 2.75) is 19.3 Å². The first-order chi connectivity index (χ1) is 15.0. The maximum Gasteiger partial charge on any atom is 0.293 e. The van der Waals surface area contributed by atoms with E-state index < -0.39 is 0 Å². The van der Waals surface area contributed by atoms with Gasteiger partial charge in [0.15, 0.2) is 0 Å². The van der Waals surface area contributed by atoms with Crippen molar-refractivity contribution in [1.82, 2.24) is 4.90 Å². The van der Waals surface area contributed by atoms with Gasteiger partial charge in [-0.3, -0.25) is 14.9 Å². The summed E-state index contributed by atoms with van der Waals surface area (Å²) >= 11 is 0. The van der Waals surface area contributed by atoms with Gasteiger partial charge in [0.25, 0.3) is 11.6 Å². The van der Waals surface area contributed by atoms with E-state index in [9.17, 15) is 14.9 Å². The number of nitro groups is 1. The Bertz CT molecular complexity index is 956. The normalized spacial score (nSPS) is 16.9. The number of hydrogen-bond donors (Lipinski definition) is 1. The number of anilines is 3. The maximum absolute atomic E-state index is 13.0. The highest BCUT2D eigenvalue weighted by atomic mass is 35.5. The van der Waals surface area contributed by atoms with Crippen molar-refractivity contribution in [2.75, 3.05) is 61.4 Å². The molecule has 0 aromatic heterocycles. The second-order valence-electron chi connectivity index (χ2n) is 8.27. The zero-order valence-electron chi connectivity index (χ0n) is 18.3. The molecular weight excluding hydrogens is 430 g/mol. The summed E-state index contributed by atoms with van der Waals surface area (Å²) in [6.45, 7) is 5.33. The minimum Gasteiger partial charge on any atom is -1.00 e. The third-order valence-corrected chi connectivity index (χ3v) is 6.13. The van der Waals surface area contributed by atoms with Crippen molar-refractivity contribution >= 4 is 28.7 Å². The summed E-state index contributed by atoms with van der Waals surface area (Å²) in [7, 11) is 2.10. The molecule has 32 heavy (non-hydrogen) atoms. The number of piperazine rings is 1. The van der Waals surface area contributed by atoms with E-state index in [-0.39, 0.29) is 28.9 Å². The molecule has 0 radical (unpaired) electrons. The lowest BCUT2D eigenvalue weighted by Crippen LogP contribution is -3.00. The summed E-state index contributed by atoms with van der Waals surface area (Å²) in [6.07, 6.45) is 3.21. The molecule has 0 unspecified atom stereocenters. The van der Waals surface area contributed by atoms with Gasteiger partial charge in [0.2, 0.25) is 0 Å². The molecule has 8 nitrogen and oxygen atoms in total. The van der Waals surface area contributed by atoms with Crippen LogP contribution in [0.3, 0.4) is 0 Å². The molecule has 0 saturated carbocycles. The number of nitro benzene ring substituents is 1. The number of benzene rings is 2. The Balaban J connectivity index is 0.00000289. The molecule has 0 aliphatic carbocycles. The topological polar surface area (TPSA) is 82.0 Å². The fourth-order valence-electron chi connectivity index (χ4n) is 4.31. The van der Waals surface area contributed by atoms with Crippen LogP contribution < -0.4 is 27.5 Å². The number of carbonyl (C=O) groups is 1.